The first-order valence-corrected chi connectivity index (χ1v) is 5.93. The van der Waals surface area contributed by atoms with Gasteiger partial charge >= 0.3 is 0 Å². The van der Waals surface area contributed by atoms with Gasteiger partial charge in [-0.1, -0.05) is 43.6 Å². The molecule has 0 aliphatic rings. The molecular formula is C10H18BrClO. The fraction of sp³-hybridized carbons (Fsp3) is 0.900. The van der Waals surface area contributed by atoms with E-state index < -0.39 is 0 Å². The predicted octanol–water partition coefficient (Wildman–Crippen LogP) is 3.98. The lowest BCUT2D eigenvalue weighted by atomic mass is 9.75. The lowest BCUT2D eigenvalue weighted by molar-refractivity contribution is -0.113. The Morgan fingerprint density at radius 2 is 1.69 bits per heavy atom. The monoisotopic (exact) mass is 268 g/mol. The normalized spacial score (nSPS) is 13.1. The molecule has 0 saturated heterocycles. The van der Waals surface area contributed by atoms with Crippen LogP contribution in [0.4, 0.5) is 0 Å². The third kappa shape index (κ3) is 6.50. The molecule has 0 rings (SSSR count). The van der Waals surface area contributed by atoms with Crippen molar-refractivity contribution in [1.82, 2.24) is 0 Å². The van der Waals surface area contributed by atoms with Gasteiger partial charge in [0, 0.05) is 11.8 Å². The summed E-state index contributed by atoms with van der Waals surface area (Å²) < 4.78 is 0. The maximum absolute atomic E-state index is 10.8. The smallest absolute Gasteiger partial charge is 0.222 e. The third-order valence-corrected chi connectivity index (χ3v) is 3.59. The first kappa shape index (κ1) is 13.4. The molecule has 3 heteroatoms. The summed E-state index contributed by atoms with van der Waals surface area (Å²) in [5.74, 6) is 0. The van der Waals surface area contributed by atoms with Crippen LogP contribution in [0, 0.1) is 10.8 Å². The molecule has 0 unspecified atom stereocenters. The van der Waals surface area contributed by atoms with Gasteiger partial charge in [-0.25, -0.2) is 0 Å². The molecule has 0 spiro atoms. The molecule has 0 amide bonds. The topological polar surface area (TPSA) is 17.1 Å². The summed E-state index contributed by atoms with van der Waals surface area (Å²) >= 11 is 8.86. The van der Waals surface area contributed by atoms with Gasteiger partial charge in [0.15, 0.2) is 0 Å². The Bertz CT molecular complexity index is 187. The lowest BCUT2D eigenvalue weighted by Crippen LogP contribution is -2.25. The van der Waals surface area contributed by atoms with Crippen molar-refractivity contribution in [3.8, 4) is 0 Å². The average molecular weight is 270 g/mol. The van der Waals surface area contributed by atoms with Crippen molar-refractivity contribution in [2.75, 3.05) is 5.33 Å². The second kappa shape index (κ2) is 4.79. The van der Waals surface area contributed by atoms with Crippen LogP contribution >= 0.6 is 27.5 Å². The van der Waals surface area contributed by atoms with Crippen LogP contribution in [0.25, 0.3) is 0 Å². The van der Waals surface area contributed by atoms with Crippen molar-refractivity contribution in [3.63, 3.8) is 0 Å². The van der Waals surface area contributed by atoms with Gasteiger partial charge in [0.05, 0.1) is 0 Å². The molecule has 78 valence electrons. The molecule has 0 N–H and O–H groups in total. The SMILES string of the molecule is CC(C)(CBr)CC(C)(C)CC(=O)Cl. The van der Waals surface area contributed by atoms with E-state index in [9.17, 15) is 4.79 Å². The minimum Gasteiger partial charge on any atom is -0.281 e. The molecule has 1 nitrogen and oxygen atoms in total. The largest absolute Gasteiger partial charge is 0.281 e. The highest BCUT2D eigenvalue weighted by Gasteiger charge is 2.29. The van der Waals surface area contributed by atoms with E-state index in [1.807, 2.05) is 0 Å². The average Bonchev–Trinajstić information content (AvgIpc) is 1.81. The highest BCUT2D eigenvalue weighted by atomic mass is 79.9. The molecule has 0 saturated carbocycles. The van der Waals surface area contributed by atoms with E-state index in [2.05, 4.69) is 43.6 Å². The second-order valence-electron chi connectivity index (χ2n) is 5.17. The first-order valence-electron chi connectivity index (χ1n) is 4.43. The Kier molecular flexibility index (Phi) is 4.95. The maximum atomic E-state index is 10.8. The summed E-state index contributed by atoms with van der Waals surface area (Å²) in [6, 6.07) is 0. The van der Waals surface area contributed by atoms with Crippen LogP contribution in [0.1, 0.15) is 40.5 Å². The molecule has 0 atom stereocenters. The second-order valence-corrected chi connectivity index (χ2v) is 6.15. The molecule has 0 aromatic carbocycles. The Morgan fingerprint density at radius 3 is 2.00 bits per heavy atom. The highest BCUT2D eigenvalue weighted by Crippen LogP contribution is 2.37. The van der Waals surface area contributed by atoms with Gasteiger partial charge in [-0.05, 0) is 28.9 Å². The molecule has 13 heavy (non-hydrogen) atoms. The van der Waals surface area contributed by atoms with Crippen LogP contribution in [-0.4, -0.2) is 10.6 Å². The van der Waals surface area contributed by atoms with E-state index in [0.717, 1.165) is 11.8 Å². The molecule has 0 radical (unpaired) electrons. The standard InChI is InChI=1S/C10H18BrClO/c1-9(2,5-8(12)13)6-10(3,4)7-11/h5-7H2,1-4H3. The molecule has 0 heterocycles. The van der Waals surface area contributed by atoms with E-state index in [-0.39, 0.29) is 16.1 Å². The Balaban J connectivity index is 4.24. The third-order valence-electron chi connectivity index (χ3n) is 1.94. The van der Waals surface area contributed by atoms with Crippen LogP contribution in [0.15, 0.2) is 0 Å². The van der Waals surface area contributed by atoms with Crippen LogP contribution in [0.2, 0.25) is 0 Å². The summed E-state index contributed by atoms with van der Waals surface area (Å²) in [5, 5.41) is 0.704. The van der Waals surface area contributed by atoms with Gasteiger partial charge in [0.25, 0.3) is 0 Å². The number of carbonyl (C=O) groups is 1. The van der Waals surface area contributed by atoms with E-state index >= 15 is 0 Å². The molecular weight excluding hydrogens is 251 g/mol. The van der Waals surface area contributed by atoms with Crippen molar-refractivity contribution in [1.29, 1.82) is 0 Å². The fourth-order valence-electron chi connectivity index (χ4n) is 1.78. The van der Waals surface area contributed by atoms with Crippen LogP contribution < -0.4 is 0 Å². The zero-order valence-electron chi connectivity index (χ0n) is 8.79. The Hall–Kier alpha value is 0.440. The van der Waals surface area contributed by atoms with E-state index in [0.29, 0.717) is 6.42 Å². The number of halogens is 2. The quantitative estimate of drug-likeness (QED) is 0.545. The van der Waals surface area contributed by atoms with Gasteiger partial charge in [-0.2, -0.15) is 0 Å². The van der Waals surface area contributed by atoms with E-state index in [4.69, 9.17) is 11.6 Å². The molecule has 0 bridgehead atoms. The Morgan fingerprint density at radius 1 is 1.23 bits per heavy atom. The van der Waals surface area contributed by atoms with Crippen LogP contribution in [-0.2, 0) is 4.79 Å². The van der Waals surface area contributed by atoms with Crippen molar-refractivity contribution < 1.29 is 4.79 Å². The minimum absolute atomic E-state index is 0.00387. The fourth-order valence-corrected chi connectivity index (χ4v) is 2.34. The Labute approximate surface area is 94.4 Å². The lowest BCUT2D eigenvalue weighted by Gasteiger charge is -2.32. The summed E-state index contributed by atoms with van der Waals surface area (Å²) in [7, 11) is 0. The van der Waals surface area contributed by atoms with Crippen LogP contribution in [0.3, 0.4) is 0 Å². The zero-order chi connectivity index (χ0) is 10.7. The number of alkyl halides is 1. The van der Waals surface area contributed by atoms with Gasteiger partial charge in [-0.3, -0.25) is 4.79 Å². The van der Waals surface area contributed by atoms with E-state index in [1.54, 1.807) is 0 Å². The molecule has 0 aromatic rings. The summed E-state index contributed by atoms with van der Waals surface area (Å²) in [6.07, 6.45) is 1.44. The van der Waals surface area contributed by atoms with Gasteiger partial charge < -0.3 is 0 Å². The van der Waals surface area contributed by atoms with Crippen LogP contribution in [0.5, 0.6) is 0 Å². The van der Waals surface area contributed by atoms with Gasteiger partial charge in [-0.15, -0.1) is 0 Å². The van der Waals surface area contributed by atoms with Gasteiger partial charge in [0.1, 0.15) is 0 Å². The number of hydrogen-bond acceptors (Lipinski definition) is 1. The van der Waals surface area contributed by atoms with Crippen molar-refractivity contribution in [2.24, 2.45) is 10.8 Å². The number of rotatable bonds is 5. The van der Waals surface area contributed by atoms with Crippen molar-refractivity contribution in [3.05, 3.63) is 0 Å². The highest BCUT2D eigenvalue weighted by molar-refractivity contribution is 9.09. The van der Waals surface area contributed by atoms with E-state index in [1.165, 1.54) is 0 Å². The molecule has 0 aliphatic carbocycles. The molecule has 0 aromatic heterocycles. The van der Waals surface area contributed by atoms with Crippen molar-refractivity contribution >= 4 is 32.8 Å². The summed E-state index contributed by atoms with van der Waals surface area (Å²) in [5.41, 5.74) is 0.214. The van der Waals surface area contributed by atoms with Crippen molar-refractivity contribution in [2.45, 2.75) is 40.5 Å². The summed E-state index contributed by atoms with van der Waals surface area (Å²) in [4.78, 5) is 10.8. The first-order chi connectivity index (χ1) is 5.68. The molecule has 0 fully saturated rings. The predicted molar refractivity (Wildman–Crippen MR) is 61.5 cm³/mol. The molecule has 0 aliphatic heterocycles. The number of carbonyl (C=O) groups excluding carboxylic acids is 1. The number of hydrogen-bond donors (Lipinski definition) is 0. The summed E-state index contributed by atoms with van der Waals surface area (Å²) in [6.45, 7) is 8.53. The van der Waals surface area contributed by atoms with Gasteiger partial charge in [0.2, 0.25) is 5.24 Å². The maximum Gasteiger partial charge on any atom is 0.222 e. The zero-order valence-corrected chi connectivity index (χ0v) is 11.1. The minimum atomic E-state index is -0.240.